The van der Waals surface area contributed by atoms with Crippen molar-refractivity contribution in [1.82, 2.24) is 0 Å². The van der Waals surface area contributed by atoms with E-state index in [1.54, 1.807) is 0 Å². The molecule has 0 unspecified atom stereocenters. The first-order valence-corrected chi connectivity index (χ1v) is 7.50. The standard InChI is InChI=1S/C14H8Br2Cl2/c15-11-3-1-5-13(17)9(11)7-8-10-12(16)4-2-6-14(10)18/h1-8H/b8-7-. The minimum Gasteiger partial charge on any atom is -0.0836 e. The van der Waals surface area contributed by atoms with E-state index in [0.717, 1.165) is 20.1 Å². The smallest absolute Gasteiger partial charge is 0.0489 e. The topological polar surface area (TPSA) is 0 Å². The Labute approximate surface area is 133 Å². The number of rotatable bonds is 2. The number of hydrogen-bond acceptors (Lipinski definition) is 0. The minimum atomic E-state index is 0.698. The first-order chi connectivity index (χ1) is 8.59. The summed E-state index contributed by atoms with van der Waals surface area (Å²) in [5, 5.41) is 1.40. The van der Waals surface area contributed by atoms with Crippen LogP contribution in [0.15, 0.2) is 45.3 Å². The first-order valence-electron chi connectivity index (χ1n) is 5.15. The Morgan fingerprint density at radius 1 is 0.722 bits per heavy atom. The van der Waals surface area contributed by atoms with E-state index in [4.69, 9.17) is 23.2 Å². The van der Waals surface area contributed by atoms with Gasteiger partial charge in [0.1, 0.15) is 0 Å². The van der Waals surface area contributed by atoms with Gasteiger partial charge >= 0.3 is 0 Å². The molecular formula is C14H8Br2Cl2. The van der Waals surface area contributed by atoms with Crippen molar-refractivity contribution in [2.24, 2.45) is 0 Å². The predicted molar refractivity (Wildman–Crippen MR) is 87.2 cm³/mol. The van der Waals surface area contributed by atoms with Crippen LogP contribution in [0.5, 0.6) is 0 Å². The second-order valence-electron chi connectivity index (χ2n) is 3.60. The highest BCUT2D eigenvalue weighted by Crippen LogP contribution is 2.30. The van der Waals surface area contributed by atoms with E-state index in [1.807, 2.05) is 48.6 Å². The minimum absolute atomic E-state index is 0.698. The zero-order valence-corrected chi connectivity index (χ0v) is 13.8. The molecule has 0 aromatic heterocycles. The fourth-order valence-electron chi connectivity index (χ4n) is 1.51. The molecule has 4 heteroatoms. The van der Waals surface area contributed by atoms with Crippen molar-refractivity contribution in [3.63, 3.8) is 0 Å². The van der Waals surface area contributed by atoms with Gasteiger partial charge < -0.3 is 0 Å². The van der Waals surface area contributed by atoms with Gasteiger partial charge in [-0.3, -0.25) is 0 Å². The summed E-state index contributed by atoms with van der Waals surface area (Å²) in [6.45, 7) is 0. The highest BCUT2D eigenvalue weighted by molar-refractivity contribution is 9.10. The molecule has 0 saturated heterocycles. The van der Waals surface area contributed by atoms with Gasteiger partial charge in [-0.2, -0.15) is 0 Å². The molecular weight excluding hydrogens is 399 g/mol. The van der Waals surface area contributed by atoms with Crippen LogP contribution in [0.1, 0.15) is 11.1 Å². The summed E-state index contributed by atoms with van der Waals surface area (Å²) in [4.78, 5) is 0. The molecule has 0 radical (unpaired) electrons. The summed E-state index contributed by atoms with van der Waals surface area (Å²) in [7, 11) is 0. The molecule has 0 aliphatic carbocycles. The van der Waals surface area contributed by atoms with Gasteiger partial charge in [-0.15, -0.1) is 0 Å². The third-order valence-corrected chi connectivity index (χ3v) is 4.46. The van der Waals surface area contributed by atoms with Gasteiger partial charge in [0.25, 0.3) is 0 Å². The van der Waals surface area contributed by atoms with Gasteiger partial charge in [0.05, 0.1) is 0 Å². The van der Waals surface area contributed by atoms with E-state index in [9.17, 15) is 0 Å². The van der Waals surface area contributed by atoms with Gasteiger partial charge in [0.2, 0.25) is 0 Å². The van der Waals surface area contributed by atoms with Crippen LogP contribution in [0.3, 0.4) is 0 Å². The SMILES string of the molecule is Clc1cccc(Br)c1/C=C\c1c(Cl)cccc1Br. The Balaban J connectivity index is 2.43. The van der Waals surface area contributed by atoms with Crippen molar-refractivity contribution < 1.29 is 0 Å². The van der Waals surface area contributed by atoms with Crippen LogP contribution in [0, 0.1) is 0 Å². The maximum atomic E-state index is 6.15. The lowest BCUT2D eigenvalue weighted by Crippen LogP contribution is -1.80. The lowest BCUT2D eigenvalue weighted by atomic mass is 10.1. The molecule has 0 heterocycles. The largest absolute Gasteiger partial charge is 0.0836 e. The lowest BCUT2D eigenvalue weighted by molar-refractivity contribution is 1.58. The molecule has 18 heavy (non-hydrogen) atoms. The summed E-state index contributed by atoms with van der Waals surface area (Å²) in [5.74, 6) is 0. The van der Waals surface area contributed by atoms with Crippen molar-refractivity contribution in [3.05, 3.63) is 66.5 Å². The fourth-order valence-corrected chi connectivity index (χ4v) is 3.21. The van der Waals surface area contributed by atoms with Crippen LogP contribution in [0.4, 0.5) is 0 Å². The van der Waals surface area contributed by atoms with Gasteiger partial charge in [0.15, 0.2) is 0 Å². The van der Waals surface area contributed by atoms with Crippen LogP contribution in [0.2, 0.25) is 10.0 Å². The molecule has 0 N–H and O–H groups in total. The van der Waals surface area contributed by atoms with E-state index >= 15 is 0 Å². The maximum Gasteiger partial charge on any atom is 0.0489 e. The summed E-state index contributed by atoms with van der Waals surface area (Å²) in [6, 6.07) is 11.4. The molecule has 0 amide bonds. The van der Waals surface area contributed by atoms with E-state index < -0.39 is 0 Å². The molecule has 0 nitrogen and oxygen atoms in total. The Morgan fingerprint density at radius 2 is 1.11 bits per heavy atom. The first kappa shape index (κ1) is 14.1. The third-order valence-electron chi connectivity index (χ3n) is 2.42. The average molecular weight is 407 g/mol. The van der Waals surface area contributed by atoms with Crippen molar-refractivity contribution in [2.75, 3.05) is 0 Å². The van der Waals surface area contributed by atoms with Crippen molar-refractivity contribution >= 4 is 67.2 Å². The molecule has 2 rings (SSSR count). The van der Waals surface area contributed by atoms with E-state index in [1.165, 1.54) is 0 Å². The molecule has 2 aromatic carbocycles. The molecule has 92 valence electrons. The maximum absolute atomic E-state index is 6.15. The van der Waals surface area contributed by atoms with E-state index in [-0.39, 0.29) is 0 Å². The monoisotopic (exact) mass is 404 g/mol. The quantitative estimate of drug-likeness (QED) is 0.487. The van der Waals surface area contributed by atoms with Crippen molar-refractivity contribution in [1.29, 1.82) is 0 Å². The number of halogens is 4. The number of benzene rings is 2. The molecule has 0 aliphatic rings. The van der Waals surface area contributed by atoms with Gasteiger partial charge in [-0.25, -0.2) is 0 Å². The molecule has 0 fully saturated rings. The van der Waals surface area contributed by atoms with Crippen LogP contribution in [0.25, 0.3) is 12.2 Å². The second-order valence-corrected chi connectivity index (χ2v) is 6.13. The van der Waals surface area contributed by atoms with E-state index in [0.29, 0.717) is 10.0 Å². The highest BCUT2D eigenvalue weighted by atomic mass is 79.9. The van der Waals surface area contributed by atoms with Gasteiger partial charge in [-0.05, 0) is 24.3 Å². The predicted octanol–water partition coefficient (Wildman–Crippen LogP) is 6.69. The molecule has 0 aliphatic heterocycles. The average Bonchev–Trinajstić information content (AvgIpc) is 2.31. The Hall–Kier alpha value is -0.280. The highest BCUT2D eigenvalue weighted by Gasteiger charge is 2.03. The summed E-state index contributed by atoms with van der Waals surface area (Å²) in [6.07, 6.45) is 3.89. The molecule has 0 saturated carbocycles. The summed E-state index contributed by atoms with van der Waals surface area (Å²) < 4.78 is 1.91. The third kappa shape index (κ3) is 3.18. The summed E-state index contributed by atoms with van der Waals surface area (Å²) >= 11 is 19.3. The molecule has 0 atom stereocenters. The zero-order valence-electron chi connectivity index (χ0n) is 9.13. The van der Waals surface area contributed by atoms with E-state index in [2.05, 4.69) is 31.9 Å². The van der Waals surface area contributed by atoms with Crippen LogP contribution < -0.4 is 0 Å². The Kier molecular flexibility index (Phi) is 4.91. The normalized spacial score (nSPS) is 11.1. The van der Waals surface area contributed by atoms with Crippen molar-refractivity contribution in [2.45, 2.75) is 0 Å². The summed E-state index contributed by atoms with van der Waals surface area (Å²) in [5.41, 5.74) is 1.87. The molecule has 2 aromatic rings. The van der Waals surface area contributed by atoms with Gasteiger partial charge in [-0.1, -0.05) is 79.3 Å². The molecule has 0 bridgehead atoms. The van der Waals surface area contributed by atoms with Crippen LogP contribution >= 0.6 is 55.1 Å². The fraction of sp³-hybridized carbons (Fsp3) is 0. The van der Waals surface area contributed by atoms with Crippen molar-refractivity contribution in [3.8, 4) is 0 Å². The zero-order chi connectivity index (χ0) is 13.1. The Bertz CT molecular complexity index is 513. The Morgan fingerprint density at radius 3 is 1.44 bits per heavy atom. The van der Waals surface area contributed by atoms with Gasteiger partial charge in [0, 0.05) is 30.1 Å². The number of hydrogen-bond donors (Lipinski definition) is 0. The van der Waals surface area contributed by atoms with Crippen LogP contribution in [-0.4, -0.2) is 0 Å². The lowest BCUT2D eigenvalue weighted by Gasteiger charge is -2.03. The second kappa shape index (κ2) is 6.25. The molecule has 0 spiro atoms. The van der Waals surface area contributed by atoms with Crippen LogP contribution in [-0.2, 0) is 0 Å².